The van der Waals surface area contributed by atoms with Crippen molar-refractivity contribution >= 4 is 11.4 Å². The van der Waals surface area contributed by atoms with Gasteiger partial charge in [-0.15, -0.1) is 0 Å². The van der Waals surface area contributed by atoms with Crippen molar-refractivity contribution in [2.75, 3.05) is 23.9 Å². The summed E-state index contributed by atoms with van der Waals surface area (Å²) < 4.78 is 0. The number of hydrogen-bond acceptors (Lipinski definition) is 2. The highest BCUT2D eigenvalue weighted by Crippen LogP contribution is 2.31. The molecule has 0 N–H and O–H groups in total. The highest BCUT2D eigenvalue weighted by Gasteiger charge is 2.18. The molecule has 2 nitrogen and oxygen atoms in total. The first kappa shape index (κ1) is 23.7. The molecule has 1 unspecified atom stereocenters. The van der Waals surface area contributed by atoms with Gasteiger partial charge in [-0.3, -0.25) is 0 Å². The molecule has 0 saturated heterocycles. The standard InChI is InChI=1S/C30H38N2/c1-7-10-26(8-2)24(4)32(30-12-9-11-23(3)21-30)22-25-13-15-27(16-14-25)28-17-19-29(20-18-28)31(5)6/h9,11-21,26H,4,7-8,10,22H2,1-3,5-6H3. The lowest BCUT2D eigenvalue weighted by Gasteiger charge is -2.32. The number of hydrogen-bond donors (Lipinski definition) is 0. The van der Waals surface area contributed by atoms with Crippen molar-refractivity contribution < 1.29 is 0 Å². The third-order valence-corrected chi connectivity index (χ3v) is 6.27. The maximum absolute atomic E-state index is 4.56. The number of benzene rings is 3. The van der Waals surface area contributed by atoms with Gasteiger partial charge in [0.1, 0.15) is 0 Å². The van der Waals surface area contributed by atoms with Crippen LogP contribution in [0.3, 0.4) is 0 Å². The van der Waals surface area contributed by atoms with E-state index in [1.165, 1.54) is 52.2 Å². The second-order valence-electron chi connectivity index (χ2n) is 8.95. The predicted molar refractivity (Wildman–Crippen MR) is 141 cm³/mol. The average molecular weight is 427 g/mol. The first-order valence-electron chi connectivity index (χ1n) is 11.8. The summed E-state index contributed by atoms with van der Waals surface area (Å²) in [6.07, 6.45) is 3.48. The summed E-state index contributed by atoms with van der Waals surface area (Å²) in [7, 11) is 4.14. The lowest BCUT2D eigenvalue weighted by molar-refractivity contribution is 0.517. The summed E-state index contributed by atoms with van der Waals surface area (Å²) in [5, 5.41) is 0. The average Bonchev–Trinajstić information content (AvgIpc) is 2.81. The minimum atomic E-state index is 0.509. The van der Waals surface area contributed by atoms with Crippen LogP contribution < -0.4 is 9.80 Å². The molecule has 0 aliphatic heterocycles. The van der Waals surface area contributed by atoms with Crippen LogP contribution in [-0.2, 0) is 6.54 Å². The van der Waals surface area contributed by atoms with E-state index in [2.05, 4.69) is 124 Å². The van der Waals surface area contributed by atoms with E-state index in [1.807, 2.05) is 0 Å². The Labute approximate surface area is 195 Å². The smallest absolute Gasteiger partial charge is 0.0478 e. The molecule has 3 rings (SSSR count). The van der Waals surface area contributed by atoms with E-state index in [1.54, 1.807) is 0 Å². The second kappa shape index (κ2) is 11.0. The molecule has 0 spiro atoms. The summed E-state index contributed by atoms with van der Waals surface area (Å²) in [5.74, 6) is 0.509. The molecular weight excluding hydrogens is 388 g/mol. The summed E-state index contributed by atoms with van der Waals surface area (Å²) >= 11 is 0. The van der Waals surface area contributed by atoms with Crippen molar-refractivity contribution in [3.63, 3.8) is 0 Å². The topological polar surface area (TPSA) is 6.48 Å². The monoisotopic (exact) mass is 426 g/mol. The summed E-state index contributed by atoms with van der Waals surface area (Å²) in [5.41, 5.74) is 8.74. The van der Waals surface area contributed by atoms with Crippen molar-refractivity contribution in [2.24, 2.45) is 5.92 Å². The van der Waals surface area contributed by atoms with E-state index in [-0.39, 0.29) is 0 Å². The number of anilines is 2. The zero-order valence-electron chi connectivity index (χ0n) is 20.4. The van der Waals surface area contributed by atoms with Crippen molar-refractivity contribution in [3.05, 3.63) is 96.2 Å². The van der Waals surface area contributed by atoms with Gasteiger partial charge in [-0.05, 0) is 72.2 Å². The molecule has 0 fully saturated rings. The SMILES string of the molecule is C=C(C(CC)CCC)N(Cc1ccc(-c2ccc(N(C)C)cc2)cc1)c1cccc(C)c1. The maximum atomic E-state index is 4.56. The predicted octanol–water partition coefficient (Wildman–Crippen LogP) is 8.07. The van der Waals surface area contributed by atoms with E-state index in [0.717, 1.165) is 13.0 Å². The lowest BCUT2D eigenvalue weighted by Crippen LogP contribution is -2.26. The highest BCUT2D eigenvalue weighted by molar-refractivity contribution is 5.66. The number of allylic oxidation sites excluding steroid dienone is 1. The molecule has 0 aromatic heterocycles. The Morgan fingerprint density at radius 3 is 2.00 bits per heavy atom. The van der Waals surface area contributed by atoms with Crippen LogP contribution in [0.15, 0.2) is 85.1 Å². The minimum Gasteiger partial charge on any atom is -0.378 e. The Balaban J connectivity index is 1.84. The molecule has 1 atom stereocenters. The Bertz CT molecular complexity index is 1000. The molecule has 0 aliphatic rings. The third-order valence-electron chi connectivity index (χ3n) is 6.27. The number of aryl methyl sites for hydroxylation is 1. The Hall–Kier alpha value is -3.00. The molecule has 0 heterocycles. The molecule has 0 bridgehead atoms. The molecule has 0 aliphatic carbocycles. The molecule has 32 heavy (non-hydrogen) atoms. The maximum Gasteiger partial charge on any atom is 0.0478 e. The van der Waals surface area contributed by atoms with Gasteiger partial charge in [-0.1, -0.05) is 75.4 Å². The molecule has 2 heteroatoms. The third kappa shape index (κ3) is 5.82. The minimum absolute atomic E-state index is 0.509. The zero-order chi connectivity index (χ0) is 23.1. The van der Waals surface area contributed by atoms with Gasteiger partial charge in [-0.2, -0.15) is 0 Å². The van der Waals surface area contributed by atoms with Crippen LogP contribution in [-0.4, -0.2) is 14.1 Å². The molecule has 3 aromatic carbocycles. The fourth-order valence-electron chi connectivity index (χ4n) is 4.27. The Morgan fingerprint density at radius 1 is 0.844 bits per heavy atom. The number of rotatable bonds is 10. The Kier molecular flexibility index (Phi) is 8.16. The summed E-state index contributed by atoms with van der Waals surface area (Å²) in [4.78, 5) is 4.54. The van der Waals surface area contributed by atoms with Gasteiger partial charge in [0.25, 0.3) is 0 Å². The Morgan fingerprint density at radius 2 is 1.47 bits per heavy atom. The quantitative estimate of drug-likeness (QED) is 0.323. The first-order chi connectivity index (χ1) is 15.4. The molecular formula is C30H38N2. The fourth-order valence-corrected chi connectivity index (χ4v) is 4.27. The van der Waals surface area contributed by atoms with Crippen LogP contribution in [0, 0.1) is 12.8 Å². The van der Waals surface area contributed by atoms with Gasteiger partial charge >= 0.3 is 0 Å². The normalized spacial score (nSPS) is 11.8. The fraction of sp³-hybridized carbons (Fsp3) is 0.333. The van der Waals surface area contributed by atoms with Crippen LogP contribution in [0.5, 0.6) is 0 Å². The van der Waals surface area contributed by atoms with Gasteiger partial charge < -0.3 is 9.80 Å². The molecule has 0 saturated carbocycles. The van der Waals surface area contributed by atoms with Crippen LogP contribution >= 0.6 is 0 Å². The van der Waals surface area contributed by atoms with E-state index in [4.69, 9.17) is 0 Å². The van der Waals surface area contributed by atoms with E-state index >= 15 is 0 Å². The van der Waals surface area contributed by atoms with Crippen molar-refractivity contribution in [1.29, 1.82) is 0 Å². The van der Waals surface area contributed by atoms with Crippen molar-refractivity contribution in [2.45, 2.75) is 46.6 Å². The number of nitrogens with zero attached hydrogens (tertiary/aromatic N) is 2. The van der Waals surface area contributed by atoms with Gasteiger partial charge in [0.2, 0.25) is 0 Å². The van der Waals surface area contributed by atoms with Crippen molar-refractivity contribution in [1.82, 2.24) is 0 Å². The summed E-state index contributed by atoms with van der Waals surface area (Å²) in [6.45, 7) is 12.1. The van der Waals surface area contributed by atoms with Gasteiger partial charge in [0.15, 0.2) is 0 Å². The van der Waals surface area contributed by atoms with Gasteiger partial charge in [0, 0.05) is 37.7 Å². The zero-order valence-corrected chi connectivity index (χ0v) is 20.4. The largest absolute Gasteiger partial charge is 0.378 e. The van der Waals surface area contributed by atoms with Crippen LogP contribution in [0.25, 0.3) is 11.1 Å². The van der Waals surface area contributed by atoms with Gasteiger partial charge in [0.05, 0.1) is 0 Å². The summed E-state index contributed by atoms with van der Waals surface area (Å²) in [6, 6.07) is 26.5. The van der Waals surface area contributed by atoms with Crippen molar-refractivity contribution in [3.8, 4) is 11.1 Å². The molecule has 168 valence electrons. The van der Waals surface area contributed by atoms with Crippen LogP contribution in [0.4, 0.5) is 11.4 Å². The second-order valence-corrected chi connectivity index (χ2v) is 8.95. The van der Waals surface area contributed by atoms with E-state index in [0.29, 0.717) is 5.92 Å². The molecule has 0 amide bonds. The molecule has 3 aromatic rings. The lowest BCUT2D eigenvalue weighted by atomic mass is 9.95. The van der Waals surface area contributed by atoms with Crippen LogP contribution in [0.2, 0.25) is 0 Å². The van der Waals surface area contributed by atoms with E-state index in [9.17, 15) is 0 Å². The van der Waals surface area contributed by atoms with Gasteiger partial charge in [-0.25, -0.2) is 0 Å². The molecule has 0 radical (unpaired) electrons. The van der Waals surface area contributed by atoms with E-state index < -0.39 is 0 Å². The highest BCUT2D eigenvalue weighted by atomic mass is 15.1. The first-order valence-corrected chi connectivity index (χ1v) is 11.8. The van der Waals surface area contributed by atoms with Crippen LogP contribution in [0.1, 0.15) is 44.2 Å².